The van der Waals surface area contributed by atoms with Gasteiger partial charge in [0.2, 0.25) is 11.5 Å². The summed E-state index contributed by atoms with van der Waals surface area (Å²) in [4.78, 5) is 35.6. The average molecular weight is 507 g/mol. The maximum atomic E-state index is 13.5. The van der Waals surface area contributed by atoms with Crippen molar-refractivity contribution in [3.8, 4) is 0 Å². The minimum atomic E-state index is -4.97. The number of carbonyl (C=O) groups excluding carboxylic acids is 1. The third kappa shape index (κ3) is 4.93. The van der Waals surface area contributed by atoms with E-state index in [1.54, 1.807) is 10.00 Å². The largest absolute Gasteiger partial charge is 0.421 e. The number of piperazine rings is 1. The van der Waals surface area contributed by atoms with Gasteiger partial charge in [-0.15, -0.1) is 0 Å². The van der Waals surface area contributed by atoms with Crippen molar-refractivity contribution in [3.63, 3.8) is 0 Å². The van der Waals surface area contributed by atoms with Crippen molar-refractivity contribution in [3.05, 3.63) is 45.6 Å². The second-order valence-corrected chi connectivity index (χ2v) is 7.89. The zero-order valence-corrected chi connectivity index (χ0v) is 17.9. The fourth-order valence-electron chi connectivity index (χ4n) is 3.84. The molecule has 2 saturated heterocycles. The van der Waals surface area contributed by atoms with Crippen molar-refractivity contribution in [1.29, 1.82) is 0 Å². The number of anilines is 1. The lowest BCUT2D eigenvalue weighted by molar-refractivity contribution is -0.165. The number of hydrogen-bond donors (Lipinski definition) is 2. The van der Waals surface area contributed by atoms with Crippen molar-refractivity contribution in [2.45, 2.75) is 18.0 Å². The van der Waals surface area contributed by atoms with Crippen LogP contribution in [0, 0.1) is 0 Å². The minimum absolute atomic E-state index is 0.00720. The Morgan fingerprint density at radius 3 is 2.23 bits per heavy atom. The summed E-state index contributed by atoms with van der Waals surface area (Å²) >= 11 is 0. The van der Waals surface area contributed by atoms with Gasteiger partial charge in [0, 0.05) is 51.7 Å². The third-order valence-electron chi connectivity index (χ3n) is 5.68. The normalized spacial score (nSPS) is 21.8. The molecule has 0 aromatic carbocycles. The lowest BCUT2D eigenvalue weighted by Crippen LogP contribution is -2.61. The lowest BCUT2D eigenvalue weighted by Gasteiger charge is -2.42. The Bertz CT molecular complexity index is 1120. The van der Waals surface area contributed by atoms with Crippen molar-refractivity contribution >= 4 is 11.9 Å². The standard InChI is InChI=1S/C19H19F6N7O3/c20-18(21,22)11-8-27-16(28-9-11)32-4-2-31(3-5-32)15(34)17(10-26-1-6-35-17)13-7-12(19(23,24)25)14(33)30-29-13/h7-9,26H,1-6,10H2,(H,30,33). The van der Waals surface area contributed by atoms with Crippen LogP contribution in [0.2, 0.25) is 0 Å². The summed E-state index contributed by atoms with van der Waals surface area (Å²) in [5, 5.41) is 8.38. The number of aromatic nitrogens is 4. The molecule has 2 aromatic rings. The second kappa shape index (κ2) is 9.07. The number of halogens is 6. The van der Waals surface area contributed by atoms with Crippen molar-refractivity contribution in [2.24, 2.45) is 0 Å². The SMILES string of the molecule is O=C(N1CCN(c2ncc(C(F)(F)F)cn2)CC1)C1(c2cc(C(F)(F)F)c(=O)[nH]n2)CNCCO1. The van der Waals surface area contributed by atoms with E-state index < -0.39 is 46.2 Å². The van der Waals surface area contributed by atoms with Crippen LogP contribution in [0.3, 0.4) is 0 Å². The number of ether oxygens (including phenoxy) is 1. The molecule has 0 spiro atoms. The molecular formula is C19H19F6N7O3. The number of hydrogen-bond acceptors (Lipinski definition) is 8. The van der Waals surface area contributed by atoms with E-state index in [-0.39, 0.29) is 45.3 Å². The summed E-state index contributed by atoms with van der Waals surface area (Å²) in [6, 6.07) is 0.510. The first-order valence-corrected chi connectivity index (χ1v) is 10.4. The molecule has 1 atom stereocenters. The summed E-state index contributed by atoms with van der Waals surface area (Å²) < 4.78 is 83.7. The molecular weight excluding hydrogens is 488 g/mol. The van der Waals surface area contributed by atoms with Gasteiger partial charge in [-0.1, -0.05) is 0 Å². The molecule has 4 rings (SSSR count). The van der Waals surface area contributed by atoms with E-state index in [0.29, 0.717) is 25.0 Å². The highest BCUT2D eigenvalue weighted by atomic mass is 19.4. The van der Waals surface area contributed by atoms with Gasteiger partial charge in [0.15, 0.2) is 0 Å². The molecule has 16 heteroatoms. The van der Waals surface area contributed by atoms with Crippen LogP contribution in [0.1, 0.15) is 16.8 Å². The van der Waals surface area contributed by atoms with Gasteiger partial charge >= 0.3 is 12.4 Å². The van der Waals surface area contributed by atoms with Gasteiger partial charge in [-0.05, 0) is 6.07 Å². The summed E-state index contributed by atoms with van der Waals surface area (Å²) in [5.41, 5.74) is -6.25. The van der Waals surface area contributed by atoms with Gasteiger partial charge in [0.25, 0.3) is 11.5 Å². The highest BCUT2D eigenvalue weighted by molar-refractivity contribution is 5.87. The van der Waals surface area contributed by atoms with Crippen LogP contribution in [-0.2, 0) is 27.5 Å². The second-order valence-electron chi connectivity index (χ2n) is 7.89. The van der Waals surface area contributed by atoms with Crippen molar-refractivity contribution < 1.29 is 35.9 Å². The maximum absolute atomic E-state index is 13.5. The number of nitrogens with zero attached hydrogens (tertiary/aromatic N) is 5. The molecule has 2 aliphatic heterocycles. The molecule has 0 aliphatic carbocycles. The predicted molar refractivity (Wildman–Crippen MR) is 106 cm³/mol. The number of amides is 1. The molecule has 2 fully saturated rings. The van der Waals surface area contributed by atoms with E-state index in [1.165, 1.54) is 4.90 Å². The fraction of sp³-hybridized carbons (Fsp3) is 0.526. The first-order valence-electron chi connectivity index (χ1n) is 10.4. The Labute approximate surface area is 193 Å². The molecule has 2 aromatic heterocycles. The molecule has 0 saturated carbocycles. The lowest BCUT2D eigenvalue weighted by atomic mass is 9.94. The van der Waals surface area contributed by atoms with Crippen LogP contribution < -0.4 is 15.8 Å². The number of carbonyl (C=O) groups is 1. The number of morpholine rings is 1. The van der Waals surface area contributed by atoms with E-state index in [4.69, 9.17) is 4.74 Å². The molecule has 1 unspecified atom stereocenters. The molecule has 0 radical (unpaired) electrons. The summed E-state index contributed by atoms with van der Waals surface area (Å²) in [5.74, 6) is -0.613. The molecule has 4 heterocycles. The van der Waals surface area contributed by atoms with Gasteiger partial charge in [0.05, 0.1) is 12.2 Å². The van der Waals surface area contributed by atoms with Crippen LogP contribution in [0.25, 0.3) is 0 Å². The van der Waals surface area contributed by atoms with Gasteiger partial charge in [0.1, 0.15) is 11.3 Å². The molecule has 2 N–H and O–H groups in total. The van der Waals surface area contributed by atoms with E-state index in [0.717, 1.165) is 0 Å². The smallest absolute Gasteiger partial charge is 0.356 e. The van der Waals surface area contributed by atoms with Crippen LogP contribution in [0.5, 0.6) is 0 Å². The highest BCUT2D eigenvalue weighted by Gasteiger charge is 2.49. The zero-order chi connectivity index (χ0) is 25.4. The number of alkyl halides is 6. The van der Waals surface area contributed by atoms with Gasteiger partial charge in [-0.2, -0.15) is 31.4 Å². The Morgan fingerprint density at radius 1 is 1.03 bits per heavy atom. The van der Waals surface area contributed by atoms with Crippen molar-refractivity contribution in [2.75, 3.05) is 50.8 Å². The summed E-state index contributed by atoms with van der Waals surface area (Å²) in [7, 11) is 0. The average Bonchev–Trinajstić information content (AvgIpc) is 2.83. The molecule has 10 nitrogen and oxygen atoms in total. The Kier molecular flexibility index (Phi) is 6.44. The number of nitrogens with one attached hydrogen (secondary N) is 2. The van der Waals surface area contributed by atoms with Crippen LogP contribution >= 0.6 is 0 Å². The van der Waals surface area contributed by atoms with E-state index >= 15 is 0 Å². The maximum Gasteiger partial charge on any atom is 0.421 e. The summed E-state index contributed by atoms with van der Waals surface area (Å²) in [6.07, 6.45) is -8.22. The Balaban J connectivity index is 1.54. The molecule has 0 bridgehead atoms. The van der Waals surface area contributed by atoms with E-state index in [9.17, 15) is 35.9 Å². The number of H-pyrrole nitrogens is 1. The third-order valence-corrected chi connectivity index (χ3v) is 5.68. The monoisotopic (exact) mass is 507 g/mol. The van der Waals surface area contributed by atoms with Crippen LogP contribution in [0.4, 0.5) is 32.3 Å². The summed E-state index contributed by atoms with van der Waals surface area (Å²) in [6.45, 7) is 0.649. The highest BCUT2D eigenvalue weighted by Crippen LogP contribution is 2.33. The number of aromatic amines is 1. The van der Waals surface area contributed by atoms with Crippen LogP contribution in [0.15, 0.2) is 23.3 Å². The Morgan fingerprint density at radius 2 is 1.69 bits per heavy atom. The quantitative estimate of drug-likeness (QED) is 0.586. The first kappa shape index (κ1) is 24.8. The van der Waals surface area contributed by atoms with E-state index in [2.05, 4.69) is 20.4 Å². The van der Waals surface area contributed by atoms with Gasteiger partial charge in [-0.3, -0.25) is 9.59 Å². The van der Waals surface area contributed by atoms with Gasteiger partial charge < -0.3 is 19.9 Å². The predicted octanol–water partition coefficient (Wildman–Crippen LogP) is 0.761. The Hall–Kier alpha value is -3.27. The molecule has 2 aliphatic rings. The minimum Gasteiger partial charge on any atom is -0.356 e. The van der Waals surface area contributed by atoms with Crippen molar-refractivity contribution in [1.82, 2.24) is 30.4 Å². The fourth-order valence-corrected chi connectivity index (χ4v) is 3.84. The molecule has 35 heavy (non-hydrogen) atoms. The van der Waals surface area contributed by atoms with Gasteiger partial charge in [-0.25, -0.2) is 15.1 Å². The van der Waals surface area contributed by atoms with E-state index in [1.807, 2.05) is 0 Å². The first-order chi connectivity index (χ1) is 16.4. The molecule has 1 amide bonds. The zero-order valence-electron chi connectivity index (χ0n) is 17.9. The number of rotatable bonds is 3. The van der Waals surface area contributed by atoms with Crippen LogP contribution in [-0.4, -0.2) is 76.8 Å². The molecule has 190 valence electrons. The topological polar surface area (TPSA) is 116 Å².